The van der Waals surface area contributed by atoms with Crippen LogP contribution in [0.15, 0.2) is 48.5 Å². The molecule has 0 bridgehead atoms. The lowest BCUT2D eigenvalue weighted by molar-refractivity contribution is 0.0697. The standard InChI is InChI=1S/C19H20O2/c1-3-5-14-7-10-16(11-8-14)18-13-15(6-4-2)9-12-17(18)19(20)21/h3,5,7-13H,4,6H2,1-2H3,(H,20,21)/b5-3+. The highest BCUT2D eigenvalue weighted by atomic mass is 16.4. The molecule has 0 unspecified atom stereocenters. The fourth-order valence-corrected chi connectivity index (χ4v) is 2.43. The molecule has 0 aliphatic carbocycles. The van der Waals surface area contributed by atoms with Gasteiger partial charge in [-0.15, -0.1) is 0 Å². The van der Waals surface area contributed by atoms with Crippen molar-refractivity contribution in [3.8, 4) is 11.1 Å². The fraction of sp³-hybridized carbons (Fsp3) is 0.211. The van der Waals surface area contributed by atoms with E-state index in [0.717, 1.165) is 29.5 Å². The Morgan fingerprint density at radius 2 is 1.86 bits per heavy atom. The van der Waals surface area contributed by atoms with Crippen LogP contribution in [0.4, 0.5) is 0 Å². The minimum absolute atomic E-state index is 0.355. The van der Waals surface area contributed by atoms with Gasteiger partial charge in [-0.2, -0.15) is 0 Å². The van der Waals surface area contributed by atoms with E-state index in [-0.39, 0.29) is 0 Å². The summed E-state index contributed by atoms with van der Waals surface area (Å²) >= 11 is 0. The summed E-state index contributed by atoms with van der Waals surface area (Å²) in [5.74, 6) is -0.884. The van der Waals surface area contributed by atoms with Crippen molar-refractivity contribution in [2.45, 2.75) is 26.7 Å². The van der Waals surface area contributed by atoms with Gasteiger partial charge in [-0.1, -0.05) is 61.9 Å². The lowest BCUT2D eigenvalue weighted by atomic mass is 9.95. The van der Waals surface area contributed by atoms with Crippen LogP contribution in [-0.2, 0) is 6.42 Å². The number of carboxylic acid groups (broad SMARTS) is 1. The van der Waals surface area contributed by atoms with Gasteiger partial charge < -0.3 is 5.11 Å². The molecule has 0 saturated carbocycles. The first-order valence-electron chi connectivity index (χ1n) is 7.25. The zero-order chi connectivity index (χ0) is 15.2. The van der Waals surface area contributed by atoms with Gasteiger partial charge in [-0.05, 0) is 41.7 Å². The summed E-state index contributed by atoms with van der Waals surface area (Å²) in [6.45, 7) is 4.10. The summed E-state index contributed by atoms with van der Waals surface area (Å²) in [6, 6.07) is 13.6. The molecule has 1 N–H and O–H groups in total. The molecule has 2 rings (SSSR count). The summed E-state index contributed by atoms with van der Waals surface area (Å²) in [6.07, 6.45) is 6.02. The zero-order valence-corrected chi connectivity index (χ0v) is 12.5. The number of rotatable bonds is 5. The molecule has 0 heterocycles. The normalized spacial score (nSPS) is 11.0. The Balaban J connectivity index is 2.48. The molecule has 0 aromatic heterocycles. The van der Waals surface area contributed by atoms with E-state index in [1.165, 1.54) is 5.56 Å². The number of aryl methyl sites for hydroxylation is 1. The van der Waals surface area contributed by atoms with E-state index in [1.807, 2.05) is 55.5 Å². The van der Waals surface area contributed by atoms with Crippen molar-refractivity contribution in [3.63, 3.8) is 0 Å². The number of hydrogen-bond acceptors (Lipinski definition) is 1. The molecule has 21 heavy (non-hydrogen) atoms. The third-order valence-electron chi connectivity index (χ3n) is 3.43. The van der Waals surface area contributed by atoms with E-state index >= 15 is 0 Å². The van der Waals surface area contributed by atoms with Crippen LogP contribution in [0, 0.1) is 0 Å². The van der Waals surface area contributed by atoms with Gasteiger partial charge in [0, 0.05) is 0 Å². The Kier molecular flexibility index (Phi) is 4.94. The van der Waals surface area contributed by atoms with Crippen molar-refractivity contribution in [1.82, 2.24) is 0 Å². The fourth-order valence-electron chi connectivity index (χ4n) is 2.43. The van der Waals surface area contributed by atoms with E-state index < -0.39 is 5.97 Å². The third kappa shape index (κ3) is 3.60. The first-order valence-corrected chi connectivity index (χ1v) is 7.25. The topological polar surface area (TPSA) is 37.3 Å². The minimum atomic E-state index is -0.884. The highest BCUT2D eigenvalue weighted by Gasteiger charge is 2.12. The highest BCUT2D eigenvalue weighted by Crippen LogP contribution is 2.26. The van der Waals surface area contributed by atoms with Crippen LogP contribution in [0.2, 0.25) is 0 Å². The van der Waals surface area contributed by atoms with E-state index in [1.54, 1.807) is 6.07 Å². The molecule has 108 valence electrons. The maximum absolute atomic E-state index is 11.4. The number of allylic oxidation sites excluding steroid dienone is 1. The van der Waals surface area contributed by atoms with Crippen LogP contribution in [0.25, 0.3) is 17.2 Å². The van der Waals surface area contributed by atoms with E-state index in [4.69, 9.17) is 0 Å². The van der Waals surface area contributed by atoms with Gasteiger partial charge in [-0.3, -0.25) is 0 Å². The van der Waals surface area contributed by atoms with Gasteiger partial charge in [0.2, 0.25) is 0 Å². The van der Waals surface area contributed by atoms with Gasteiger partial charge in [0.25, 0.3) is 0 Å². The Morgan fingerprint density at radius 1 is 1.14 bits per heavy atom. The summed E-state index contributed by atoms with van der Waals surface area (Å²) in [4.78, 5) is 11.4. The first-order chi connectivity index (χ1) is 10.2. The molecule has 0 saturated heterocycles. The van der Waals surface area contributed by atoms with Crippen LogP contribution in [0.5, 0.6) is 0 Å². The zero-order valence-electron chi connectivity index (χ0n) is 12.5. The molecule has 0 atom stereocenters. The number of benzene rings is 2. The molecule has 0 radical (unpaired) electrons. The third-order valence-corrected chi connectivity index (χ3v) is 3.43. The van der Waals surface area contributed by atoms with Gasteiger partial charge >= 0.3 is 5.97 Å². The SMILES string of the molecule is C/C=C/c1ccc(-c2cc(CCC)ccc2C(=O)O)cc1. The molecule has 0 fully saturated rings. The van der Waals surface area contributed by atoms with Crippen LogP contribution in [0.3, 0.4) is 0 Å². The Hall–Kier alpha value is -2.35. The van der Waals surface area contributed by atoms with Gasteiger partial charge in [0.15, 0.2) is 0 Å². The number of aromatic carboxylic acids is 1. The van der Waals surface area contributed by atoms with E-state index in [2.05, 4.69) is 6.92 Å². The van der Waals surface area contributed by atoms with Crippen LogP contribution in [0.1, 0.15) is 41.8 Å². The maximum Gasteiger partial charge on any atom is 0.336 e. The smallest absolute Gasteiger partial charge is 0.336 e. The second-order valence-corrected chi connectivity index (χ2v) is 5.06. The molecule has 2 nitrogen and oxygen atoms in total. The Labute approximate surface area is 125 Å². The second kappa shape index (κ2) is 6.89. The van der Waals surface area contributed by atoms with Crippen LogP contribution < -0.4 is 0 Å². The number of carbonyl (C=O) groups is 1. The van der Waals surface area contributed by atoms with Crippen molar-refractivity contribution in [2.75, 3.05) is 0 Å². The molecule has 0 aliphatic heterocycles. The van der Waals surface area contributed by atoms with E-state index in [0.29, 0.717) is 5.56 Å². The maximum atomic E-state index is 11.4. The molecule has 0 spiro atoms. The molecule has 0 amide bonds. The minimum Gasteiger partial charge on any atom is -0.478 e. The second-order valence-electron chi connectivity index (χ2n) is 5.06. The average molecular weight is 280 g/mol. The average Bonchev–Trinajstić information content (AvgIpc) is 2.48. The molecule has 2 aromatic rings. The molecule has 0 aliphatic rings. The van der Waals surface area contributed by atoms with Crippen molar-refractivity contribution < 1.29 is 9.90 Å². The molecular formula is C19H20O2. The lowest BCUT2D eigenvalue weighted by Crippen LogP contribution is -2.00. The predicted octanol–water partition coefficient (Wildman–Crippen LogP) is 5.04. The van der Waals surface area contributed by atoms with Gasteiger partial charge in [0.1, 0.15) is 0 Å². The van der Waals surface area contributed by atoms with E-state index in [9.17, 15) is 9.90 Å². The van der Waals surface area contributed by atoms with Crippen molar-refractivity contribution in [1.29, 1.82) is 0 Å². The summed E-state index contributed by atoms with van der Waals surface area (Å²) < 4.78 is 0. The van der Waals surface area contributed by atoms with Crippen molar-refractivity contribution in [2.24, 2.45) is 0 Å². The highest BCUT2D eigenvalue weighted by molar-refractivity contribution is 5.96. The molecule has 2 aromatic carbocycles. The number of hydrogen-bond donors (Lipinski definition) is 1. The monoisotopic (exact) mass is 280 g/mol. The van der Waals surface area contributed by atoms with Crippen molar-refractivity contribution >= 4 is 12.0 Å². The lowest BCUT2D eigenvalue weighted by Gasteiger charge is -2.09. The largest absolute Gasteiger partial charge is 0.478 e. The summed E-state index contributed by atoms with van der Waals surface area (Å²) in [7, 11) is 0. The van der Waals surface area contributed by atoms with Crippen LogP contribution in [-0.4, -0.2) is 11.1 Å². The number of carboxylic acids is 1. The quantitative estimate of drug-likeness (QED) is 0.833. The summed E-state index contributed by atoms with van der Waals surface area (Å²) in [5, 5.41) is 9.38. The summed E-state index contributed by atoms with van der Waals surface area (Å²) in [5.41, 5.74) is 4.38. The molecular weight excluding hydrogens is 260 g/mol. The first kappa shape index (κ1) is 15.0. The Morgan fingerprint density at radius 3 is 2.43 bits per heavy atom. The van der Waals surface area contributed by atoms with Gasteiger partial charge in [0.05, 0.1) is 5.56 Å². The predicted molar refractivity (Wildman–Crippen MR) is 87.5 cm³/mol. The Bertz CT molecular complexity index is 652. The van der Waals surface area contributed by atoms with Gasteiger partial charge in [-0.25, -0.2) is 4.79 Å². The van der Waals surface area contributed by atoms with Crippen molar-refractivity contribution in [3.05, 3.63) is 65.2 Å². The van der Waals surface area contributed by atoms with Crippen LogP contribution >= 0.6 is 0 Å². The molecule has 2 heteroatoms.